The number of anilines is 2. The van der Waals surface area contributed by atoms with Crippen molar-refractivity contribution in [3.63, 3.8) is 0 Å². The Kier molecular flexibility index (Phi) is 6.28. The highest BCUT2D eigenvalue weighted by atomic mass is 32.2. The van der Waals surface area contributed by atoms with E-state index in [9.17, 15) is 19.5 Å². The molecule has 3 aromatic rings. The summed E-state index contributed by atoms with van der Waals surface area (Å²) in [4.78, 5) is 41.2. The summed E-state index contributed by atoms with van der Waals surface area (Å²) in [5, 5.41) is 15.7. The first-order valence-corrected chi connectivity index (χ1v) is 11.2. The number of rotatable bonds is 7. The van der Waals surface area contributed by atoms with Gasteiger partial charge in [-0.25, -0.2) is 4.98 Å². The summed E-state index contributed by atoms with van der Waals surface area (Å²) in [7, 11) is 1.45. The Bertz CT molecular complexity index is 1220. The fraction of sp³-hybridized carbons (Fsp3) is 0.143. The molecule has 2 heterocycles. The largest absolute Gasteiger partial charge is 0.504 e. The van der Waals surface area contributed by atoms with Crippen LogP contribution < -0.4 is 15.4 Å². The van der Waals surface area contributed by atoms with E-state index in [0.29, 0.717) is 27.6 Å². The zero-order valence-corrected chi connectivity index (χ0v) is 18.5. The van der Waals surface area contributed by atoms with Gasteiger partial charge in [0, 0.05) is 11.8 Å². The molecule has 1 aliphatic rings. The fourth-order valence-corrected chi connectivity index (χ4v) is 4.47. The van der Waals surface area contributed by atoms with Crippen LogP contribution in [-0.4, -0.2) is 51.6 Å². The molecule has 1 aliphatic heterocycles. The van der Waals surface area contributed by atoms with Crippen molar-refractivity contribution in [1.82, 2.24) is 9.88 Å². The van der Waals surface area contributed by atoms with E-state index >= 15 is 0 Å². The van der Waals surface area contributed by atoms with Gasteiger partial charge in [0.15, 0.2) is 16.6 Å². The number of aromatic hydroxyl groups is 1. The molecule has 0 bridgehead atoms. The fourth-order valence-electron chi connectivity index (χ4n) is 2.92. The lowest BCUT2D eigenvalue weighted by molar-refractivity contribution is -0.124. The standard InChI is InChI=1S/C21H18N4O5S2/c1-30-16-8-12(2-5-15(16)26)3-7-18(27)23-13-4-6-17-14(9-13)24-20(32-17)22-11-25-19(28)10-31-21(25)29/h2-9,26H,10-11H2,1H3,(H,22,24)(H,23,27)/b7-3+. The van der Waals surface area contributed by atoms with Gasteiger partial charge < -0.3 is 20.5 Å². The minimum absolute atomic E-state index is 0.0250. The summed E-state index contributed by atoms with van der Waals surface area (Å²) in [6, 6.07) is 10.1. The van der Waals surface area contributed by atoms with Crippen LogP contribution in [0.3, 0.4) is 0 Å². The van der Waals surface area contributed by atoms with Gasteiger partial charge in [-0.3, -0.25) is 19.3 Å². The van der Waals surface area contributed by atoms with Gasteiger partial charge in [-0.15, -0.1) is 0 Å². The number of methoxy groups -OCH3 is 1. The molecule has 0 aliphatic carbocycles. The van der Waals surface area contributed by atoms with Crippen LogP contribution >= 0.6 is 23.1 Å². The average Bonchev–Trinajstić information content (AvgIpc) is 3.33. The molecule has 164 valence electrons. The number of hydrogen-bond donors (Lipinski definition) is 3. The number of thiazole rings is 1. The molecule has 2 aromatic carbocycles. The van der Waals surface area contributed by atoms with Crippen LogP contribution in [0.2, 0.25) is 0 Å². The van der Waals surface area contributed by atoms with E-state index in [1.54, 1.807) is 30.3 Å². The number of benzene rings is 2. The highest BCUT2D eigenvalue weighted by Crippen LogP contribution is 2.29. The first-order valence-electron chi connectivity index (χ1n) is 9.40. The number of aromatic nitrogens is 1. The number of phenols is 1. The van der Waals surface area contributed by atoms with Gasteiger partial charge in [0.1, 0.15) is 6.67 Å². The summed E-state index contributed by atoms with van der Waals surface area (Å²) in [6.45, 7) is 0.0704. The molecule has 0 unspecified atom stereocenters. The molecule has 3 amide bonds. The van der Waals surface area contributed by atoms with Gasteiger partial charge in [-0.1, -0.05) is 29.2 Å². The second-order valence-corrected chi connectivity index (χ2v) is 8.62. The maximum atomic E-state index is 12.3. The molecular formula is C21H18N4O5S2. The maximum Gasteiger partial charge on any atom is 0.290 e. The zero-order chi connectivity index (χ0) is 22.7. The number of ether oxygens (including phenoxy) is 1. The van der Waals surface area contributed by atoms with Gasteiger partial charge in [0.05, 0.1) is 23.1 Å². The number of fused-ring (bicyclic) bond motifs is 1. The van der Waals surface area contributed by atoms with Crippen molar-refractivity contribution < 1.29 is 24.2 Å². The van der Waals surface area contributed by atoms with Gasteiger partial charge >= 0.3 is 0 Å². The predicted octanol–water partition coefficient (Wildman–Crippen LogP) is 3.73. The van der Waals surface area contributed by atoms with Crippen molar-refractivity contribution in [3.05, 3.63) is 48.0 Å². The van der Waals surface area contributed by atoms with Gasteiger partial charge in [-0.05, 0) is 42.0 Å². The van der Waals surface area contributed by atoms with Crippen molar-refractivity contribution in [2.75, 3.05) is 30.2 Å². The lowest BCUT2D eigenvalue weighted by Crippen LogP contribution is -2.33. The molecule has 1 saturated heterocycles. The number of carbonyl (C=O) groups excluding carboxylic acids is 3. The van der Waals surface area contributed by atoms with Crippen LogP contribution in [0.15, 0.2) is 42.5 Å². The van der Waals surface area contributed by atoms with E-state index in [1.807, 2.05) is 6.07 Å². The van der Waals surface area contributed by atoms with Gasteiger partial charge in [-0.2, -0.15) is 0 Å². The number of nitrogens with one attached hydrogen (secondary N) is 2. The Morgan fingerprint density at radius 1 is 1.28 bits per heavy atom. The Morgan fingerprint density at radius 3 is 2.88 bits per heavy atom. The quantitative estimate of drug-likeness (QED) is 0.447. The van der Waals surface area contributed by atoms with E-state index in [4.69, 9.17) is 4.74 Å². The maximum absolute atomic E-state index is 12.3. The highest BCUT2D eigenvalue weighted by Gasteiger charge is 2.29. The van der Waals surface area contributed by atoms with Crippen LogP contribution in [-0.2, 0) is 9.59 Å². The van der Waals surface area contributed by atoms with Gasteiger partial charge in [0.25, 0.3) is 5.24 Å². The number of carbonyl (C=O) groups is 3. The zero-order valence-electron chi connectivity index (χ0n) is 16.8. The molecule has 9 nitrogen and oxygen atoms in total. The smallest absolute Gasteiger partial charge is 0.290 e. The normalized spacial score (nSPS) is 13.8. The Labute approximate surface area is 191 Å². The first-order chi connectivity index (χ1) is 15.4. The molecule has 11 heteroatoms. The van der Waals surface area contributed by atoms with Crippen LogP contribution in [0, 0.1) is 0 Å². The Hall–Kier alpha value is -3.57. The monoisotopic (exact) mass is 470 g/mol. The summed E-state index contributed by atoms with van der Waals surface area (Å²) >= 11 is 2.37. The second kappa shape index (κ2) is 9.28. The van der Waals surface area contributed by atoms with Gasteiger partial charge in [0.2, 0.25) is 11.8 Å². The predicted molar refractivity (Wildman–Crippen MR) is 125 cm³/mol. The number of thioether (sulfide) groups is 1. The van der Waals surface area contributed by atoms with Crippen molar-refractivity contribution in [1.29, 1.82) is 0 Å². The molecule has 4 rings (SSSR count). The molecule has 0 spiro atoms. The molecule has 3 N–H and O–H groups in total. The summed E-state index contributed by atoms with van der Waals surface area (Å²) in [6.07, 6.45) is 2.99. The minimum atomic E-state index is -0.325. The number of phenolic OH excluding ortho intramolecular Hbond substituents is 1. The van der Waals surface area contributed by atoms with Crippen molar-refractivity contribution in [2.24, 2.45) is 0 Å². The Morgan fingerprint density at radius 2 is 2.12 bits per heavy atom. The lowest BCUT2D eigenvalue weighted by Gasteiger charge is -2.12. The van der Waals surface area contributed by atoms with Crippen molar-refractivity contribution in [2.45, 2.75) is 0 Å². The van der Waals surface area contributed by atoms with Crippen LogP contribution in [0.1, 0.15) is 5.56 Å². The number of nitrogens with zero attached hydrogens (tertiary/aromatic N) is 2. The van der Waals surface area contributed by atoms with E-state index in [0.717, 1.165) is 21.4 Å². The molecule has 1 fully saturated rings. The van der Waals surface area contributed by atoms with Crippen molar-refractivity contribution in [3.8, 4) is 11.5 Å². The average molecular weight is 471 g/mol. The molecule has 0 saturated carbocycles. The third-order valence-corrected chi connectivity index (χ3v) is 6.37. The first kappa shape index (κ1) is 21.7. The molecule has 0 atom stereocenters. The van der Waals surface area contributed by atoms with Crippen LogP contribution in [0.5, 0.6) is 11.5 Å². The Balaban J connectivity index is 1.39. The molecule has 1 aromatic heterocycles. The van der Waals surface area contributed by atoms with E-state index < -0.39 is 0 Å². The van der Waals surface area contributed by atoms with E-state index in [2.05, 4.69) is 15.6 Å². The number of imide groups is 1. The van der Waals surface area contributed by atoms with Crippen molar-refractivity contribution >= 4 is 67.3 Å². The summed E-state index contributed by atoms with van der Waals surface area (Å²) in [5.74, 6) is -0.0378. The SMILES string of the molecule is COc1cc(/C=C/C(=O)Nc2ccc3sc(NCN4C(=O)CSC4=O)nc3c2)ccc1O. The van der Waals surface area contributed by atoms with Crippen LogP contribution in [0.4, 0.5) is 15.6 Å². The van der Waals surface area contributed by atoms with Crippen LogP contribution in [0.25, 0.3) is 16.3 Å². The van der Waals surface area contributed by atoms with E-state index in [-0.39, 0.29) is 35.2 Å². The summed E-state index contributed by atoms with van der Waals surface area (Å²) < 4.78 is 5.95. The summed E-state index contributed by atoms with van der Waals surface area (Å²) in [5.41, 5.74) is 1.96. The lowest BCUT2D eigenvalue weighted by atomic mass is 10.2. The van der Waals surface area contributed by atoms with E-state index in [1.165, 1.54) is 30.6 Å². The molecule has 0 radical (unpaired) electrons. The molecule has 32 heavy (non-hydrogen) atoms. The minimum Gasteiger partial charge on any atom is -0.504 e. The highest BCUT2D eigenvalue weighted by molar-refractivity contribution is 8.14. The second-order valence-electron chi connectivity index (χ2n) is 6.67. The topological polar surface area (TPSA) is 121 Å². The number of hydrogen-bond acceptors (Lipinski definition) is 9. The third kappa shape index (κ3) is 4.84. The number of amides is 3. The third-order valence-electron chi connectivity index (χ3n) is 4.51. The molecular weight excluding hydrogens is 452 g/mol.